The molecular formula is C22H26N6O. The van der Waals surface area contributed by atoms with E-state index >= 15 is 0 Å². The Morgan fingerprint density at radius 3 is 2.41 bits per heavy atom. The zero-order chi connectivity index (χ0) is 20.3. The summed E-state index contributed by atoms with van der Waals surface area (Å²) in [6.45, 7) is 4.79. The molecule has 1 amide bonds. The molecule has 2 aliphatic rings. The number of amides is 1. The summed E-state index contributed by atoms with van der Waals surface area (Å²) in [6, 6.07) is 11.4. The van der Waals surface area contributed by atoms with Gasteiger partial charge in [-0.1, -0.05) is 12.8 Å². The van der Waals surface area contributed by atoms with Gasteiger partial charge in [-0.15, -0.1) is 0 Å². The lowest BCUT2D eigenvalue weighted by molar-refractivity contribution is -0.136. The second-order valence-corrected chi connectivity index (χ2v) is 7.88. The molecule has 2 fully saturated rings. The Morgan fingerprint density at radius 1 is 1.10 bits per heavy atom. The maximum atomic E-state index is 13.5. The summed E-state index contributed by atoms with van der Waals surface area (Å²) < 4.78 is 0. The highest BCUT2D eigenvalue weighted by Gasteiger charge is 2.44. The molecule has 4 rings (SSSR count). The van der Waals surface area contributed by atoms with Gasteiger partial charge in [-0.05, 0) is 50.1 Å². The van der Waals surface area contributed by atoms with Gasteiger partial charge >= 0.3 is 0 Å². The summed E-state index contributed by atoms with van der Waals surface area (Å²) >= 11 is 0. The maximum absolute atomic E-state index is 13.5. The Hall–Kier alpha value is -3.14. The SMILES string of the molecule is Cc1ccnc(N2CCN(C(=O)C3(Nc4ccc(C#N)cc4)CCCC3)CC2)n1. The molecule has 0 unspecified atom stereocenters. The van der Waals surface area contributed by atoms with Crippen molar-refractivity contribution in [2.45, 2.75) is 38.1 Å². The van der Waals surface area contributed by atoms with Crippen molar-refractivity contribution < 1.29 is 4.79 Å². The number of anilines is 2. The first kappa shape index (κ1) is 19.2. The van der Waals surface area contributed by atoms with E-state index in [4.69, 9.17) is 5.26 Å². The molecule has 1 aromatic heterocycles. The van der Waals surface area contributed by atoms with Crippen LogP contribution in [-0.4, -0.2) is 52.5 Å². The average molecular weight is 390 g/mol. The lowest BCUT2D eigenvalue weighted by Crippen LogP contribution is -2.58. The van der Waals surface area contributed by atoms with E-state index in [9.17, 15) is 4.79 Å². The molecule has 2 heterocycles. The molecule has 150 valence electrons. The minimum Gasteiger partial charge on any atom is -0.371 e. The van der Waals surface area contributed by atoms with E-state index in [1.807, 2.05) is 30.0 Å². The smallest absolute Gasteiger partial charge is 0.248 e. The van der Waals surface area contributed by atoms with Gasteiger partial charge in [0.05, 0.1) is 11.6 Å². The lowest BCUT2D eigenvalue weighted by atomic mass is 9.94. The minimum absolute atomic E-state index is 0.184. The first-order valence-electron chi connectivity index (χ1n) is 10.2. The number of benzene rings is 1. The van der Waals surface area contributed by atoms with Gasteiger partial charge in [0.2, 0.25) is 11.9 Å². The number of nitrogens with one attached hydrogen (secondary N) is 1. The van der Waals surface area contributed by atoms with Crippen LogP contribution in [0, 0.1) is 18.3 Å². The van der Waals surface area contributed by atoms with E-state index in [0.717, 1.165) is 56.1 Å². The summed E-state index contributed by atoms with van der Waals surface area (Å²) in [4.78, 5) is 26.5. The van der Waals surface area contributed by atoms with Crippen molar-refractivity contribution in [3.05, 3.63) is 47.8 Å². The van der Waals surface area contributed by atoms with E-state index < -0.39 is 5.54 Å². The number of carbonyl (C=O) groups excluding carboxylic acids is 1. The van der Waals surface area contributed by atoms with Crippen LogP contribution in [0.3, 0.4) is 0 Å². The third kappa shape index (κ3) is 4.02. The Balaban J connectivity index is 1.44. The molecule has 0 atom stereocenters. The van der Waals surface area contributed by atoms with E-state index in [1.165, 1.54) is 0 Å². The quantitative estimate of drug-likeness (QED) is 0.864. The Morgan fingerprint density at radius 2 is 1.79 bits per heavy atom. The minimum atomic E-state index is -0.545. The number of nitrogens with zero attached hydrogens (tertiary/aromatic N) is 5. The molecule has 1 saturated heterocycles. The summed E-state index contributed by atoms with van der Waals surface area (Å²) in [6.07, 6.45) is 5.56. The predicted molar refractivity (Wildman–Crippen MR) is 112 cm³/mol. The standard InChI is InChI=1S/C22H26N6O/c1-17-8-11-24-21(25-17)28-14-12-27(13-15-28)20(29)22(9-2-3-10-22)26-19-6-4-18(16-23)5-7-19/h4-8,11,26H,2-3,9-10,12-15H2,1H3. The lowest BCUT2D eigenvalue weighted by Gasteiger charge is -2.40. The molecule has 0 radical (unpaired) electrons. The van der Waals surface area contributed by atoms with Crippen LogP contribution in [0.5, 0.6) is 0 Å². The van der Waals surface area contributed by atoms with Crippen LogP contribution in [0.15, 0.2) is 36.5 Å². The topological polar surface area (TPSA) is 85.2 Å². The number of hydrogen-bond donors (Lipinski definition) is 1. The molecule has 1 aromatic carbocycles. The van der Waals surface area contributed by atoms with Gasteiger partial charge < -0.3 is 15.1 Å². The van der Waals surface area contributed by atoms with Gasteiger partial charge in [0.1, 0.15) is 5.54 Å². The fraction of sp³-hybridized carbons (Fsp3) is 0.455. The molecular weight excluding hydrogens is 364 g/mol. The number of piperazine rings is 1. The Bertz CT molecular complexity index is 906. The second-order valence-electron chi connectivity index (χ2n) is 7.88. The Labute approximate surface area is 171 Å². The van der Waals surface area contributed by atoms with Gasteiger partial charge in [-0.3, -0.25) is 4.79 Å². The van der Waals surface area contributed by atoms with Crippen molar-refractivity contribution >= 4 is 17.5 Å². The highest BCUT2D eigenvalue weighted by atomic mass is 16.2. The van der Waals surface area contributed by atoms with Crippen LogP contribution in [0.1, 0.15) is 36.9 Å². The number of hydrogen-bond acceptors (Lipinski definition) is 6. The number of nitriles is 1. The number of aromatic nitrogens is 2. The fourth-order valence-electron chi connectivity index (χ4n) is 4.28. The molecule has 7 nitrogen and oxygen atoms in total. The number of aryl methyl sites for hydroxylation is 1. The summed E-state index contributed by atoms with van der Waals surface area (Å²) in [7, 11) is 0. The monoisotopic (exact) mass is 390 g/mol. The Kier molecular flexibility index (Phi) is 5.34. The summed E-state index contributed by atoms with van der Waals surface area (Å²) in [5.41, 5.74) is 1.92. The summed E-state index contributed by atoms with van der Waals surface area (Å²) in [5.74, 6) is 0.924. The third-order valence-corrected chi connectivity index (χ3v) is 5.90. The molecule has 2 aromatic rings. The van der Waals surface area contributed by atoms with E-state index in [1.54, 1.807) is 18.3 Å². The maximum Gasteiger partial charge on any atom is 0.248 e. The van der Waals surface area contributed by atoms with E-state index in [-0.39, 0.29) is 5.91 Å². The van der Waals surface area contributed by atoms with E-state index in [2.05, 4.69) is 26.3 Å². The van der Waals surface area contributed by atoms with Crippen LogP contribution in [0.2, 0.25) is 0 Å². The number of rotatable bonds is 4. The van der Waals surface area contributed by atoms with Crippen LogP contribution >= 0.6 is 0 Å². The second kappa shape index (κ2) is 8.08. The van der Waals surface area contributed by atoms with Crippen molar-refractivity contribution in [1.82, 2.24) is 14.9 Å². The fourth-order valence-corrected chi connectivity index (χ4v) is 4.28. The largest absolute Gasteiger partial charge is 0.371 e. The molecule has 1 aliphatic carbocycles. The zero-order valence-electron chi connectivity index (χ0n) is 16.8. The first-order chi connectivity index (χ1) is 14.1. The first-order valence-corrected chi connectivity index (χ1v) is 10.2. The molecule has 0 spiro atoms. The molecule has 1 saturated carbocycles. The van der Waals surface area contributed by atoms with Crippen molar-refractivity contribution in [2.75, 3.05) is 36.4 Å². The highest BCUT2D eigenvalue weighted by molar-refractivity contribution is 5.90. The van der Waals surface area contributed by atoms with Gasteiger partial charge in [0.25, 0.3) is 0 Å². The van der Waals surface area contributed by atoms with Crippen LogP contribution < -0.4 is 10.2 Å². The predicted octanol–water partition coefficient (Wildman–Crippen LogP) is 2.73. The molecule has 7 heteroatoms. The number of carbonyl (C=O) groups is 1. The summed E-state index contributed by atoms with van der Waals surface area (Å²) in [5, 5.41) is 12.5. The van der Waals surface area contributed by atoms with Crippen molar-refractivity contribution in [3.63, 3.8) is 0 Å². The van der Waals surface area contributed by atoms with Gasteiger partial charge in [0.15, 0.2) is 0 Å². The van der Waals surface area contributed by atoms with Crippen LogP contribution in [-0.2, 0) is 4.79 Å². The van der Waals surface area contributed by atoms with Crippen molar-refractivity contribution in [1.29, 1.82) is 5.26 Å². The third-order valence-electron chi connectivity index (χ3n) is 5.90. The van der Waals surface area contributed by atoms with Crippen LogP contribution in [0.4, 0.5) is 11.6 Å². The van der Waals surface area contributed by atoms with Gasteiger partial charge in [-0.2, -0.15) is 5.26 Å². The molecule has 0 bridgehead atoms. The highest BCUT2D eigenvalue weighted by Crippen LogP contribution is 2.35. The average Bonchev–Trinajstić information content (AvgIpc) is 3.23. The molecule has 1 N–H and O–H groups in total. The van der Waals surface area contributed by atoms with Gasteiger partial charge in [-0.25, -0.2) is 9.97 Å². The zero-order valence-corrected chi connectivity index (χ0v) is 16.8. The molecule has 29 heavy (non-hydrogen) atoms. The van der Waals surface area contributed by atoms with E-state index in [0.29, 0.717) is 18.7 Å². The molecule has 1 aliphatic heterocycles. The normalized spacial score (nSPS) is 18.3. The van der Waals surface area contributed by atoms with Crippen molar-refractivity contribution in [3.8, 4) is 6.07 Å². The van der Waals surface area contributed by atoms with Gasteiger partial charge in [0, 0.05) is 43.8 Å². The van der Waals surface area contributed by atoms with Crippen LogP contribution in [0.25, 0.3) is 0 Å². The van der Waals surface area contributed by atoms with Crippen molar-refractivity contribution in [2.24, 2.45) is 0 Å².